The first-order valence-corrected chi connectivity index (χ1v) is 5.90. The van der Waals surface area contributed by atoms with Crippen molar-refractivity contribution in [2.75, 3.05) is 14.2 Å². The summed E-state index contributed by atoms with van der Waals surface area (Å²) in [5.74, 6) is 0.246. The molecule has 0 saturated heterocycles. The van der Waals surface area contributed by atoms with Crippen LogP contribution in [0.1, 0.15) is 11.3 Å². The second kappa shape index (κ2) is 6.52. The summed E-state index contributed by atoms with van der Waals surface area (Å²) in [5, 5.41) is 11.7. The van der Waals surface area contributed by atoms with Crippen LogP contribution in [0.5, 0.6) is 11.5 Å². The van der Waals surface area contributed by atoms with Gasteiger partial charge >= 0.3 is 29.6 Å². The van der Waals surface area contributed by atoms with Crippen LogP contribution in [0.3, 0.4) is 0 Å². The molecule has 1 aromatic carbocycles. The number of hydrogen-bond acceptors (Lipinski definition) is 4. The Bertz CT molecular complexity index is 648. The topological polar surface area (TPSA) is 63.5 Å². The second-order valence-corrected chi connectivity index (χ2v) is 4.41. The first-order chi connectivity index (χ1) is 8.99. The molecule has 0 atom stereocenters. The Morgan fingerprint density at radius 1 is 1.25 bits per heavy atom. The fourth-order valence-corrected chi connectivity index (χ4v) is 2.39. The number of aliphatic carboxylic acids is 1. The molecule has 0 radical (unpaired) electrons. The molecule has 0 aliphatic carbocycles. The molecule has 1 heterocycles. The monoisotopic (exact) mass is 285 g/mol. The number of nitrogens with zero attached hydrogens (tertiary/aromatic N) is 1. The quantitative estimate of drug-likeness (QED) is 0.611. The van der Waals surface area contributed by atoms with Crippen LogP contribution in [-0.2, 0) is 11.3 Å². The van der Waals surface area contributed by atoms with Crippen molar-refractivity contribution in [3.05, 3.63) is 23.4 Å². The van der Waals surface area contributed by atoms with E-state index >= 15 is 0 Å². The van der Waals surface area contributed by atoms with Crippen molar-refractivity contribution in [3.63, 3.8) is 0 Å². The molecule has 20 heavy (non-hydrogen) atoms. The number of aromatic nitrogens is 1. The Labute approximate surface area is 139 Å². The Morgan fingerprint density at radius 3 is 2.40 bits per heavy atom. The summed E-state index contributed by atoms with van der Waals surface area (Å²) in [6, 6.07) is 3.73. The van der Waals surface area contributed by atoms with Gasteiger partial charge < -0.3 is 23.9 Å². The van der Waals surface area contributed by atoms with Gasteiger partial charge in [0.1, 0.15) is 11.5 Å². The third-order valence-electron chi connectivity index (χ3n) is 3.28. The maximum atomic E-state index is 10.8. The SMILES string of the molecule is COc1cc2c(cc(C)n2CC(=O)[O-])c(OC)c1C.[Na+]. The maximum Gasteiger partial charge on any atom is 1.00 e. The van der Waals surface area contributed by atoms with Crippen molar-refractivity contribution in [2.24, 2.45) is 0 Å². The minimum Gasteiger partial charge on any atom is -0.548 e. The molecule has 0 N–H and O–H groups in total. The van der Waals surface area contributed by atoms with Crippen LogP contribution >= 0.6 is 0 Å². The molecule has 0 fully saturated rings. The number of carbonyl (C=O) groups excluding carboxylic acids is 1. The predicted molar refractivity (Wildman–Crippen MR) is 69.5 cm³/mol. The minimum atomic E-state index is -1.13. The molecule has 6 heteroatoms. The van der Waals surface area contributed by atoms with Crippen LogP contribution < -0.4 is 44.1 Å². The van der Waals surface area contributed by atoms with Gasteiger partial charge in [-0.1, -0.05) is 0 Å². The summed E-state index contributed by atoms with van der Waals surface area (Å²) >= 11 is 0. The smallest absolute Gasteiger partial charge is 0.548 e. The molecule has 0 aliphatic heterocycles. The molecule has 2 rings (SSSR count). The first-order valence-electron chi connectivity index (χ1n) is 5.90. The minimum absolute atomic E-state index is 0. The molecule has 0 unspecified atom stereocenters. The number of ether oxygens (including phenoxy) is 2. The molecule has 102 valence electrons. The molecule has 0 bridgehead atoms. The van der Waals surface area contributed by atoms with E-state index in [4.69, 9.17) is 9.47 Å². The number of carboxylic acid groups (broad SMARTS) is 1. The van der Waals surface area contributed by atoms with Crippen LogP contribution in [0.2, 0.25) is 0 Å². The van der Waals surface area contributed by atoms with Gasteiger partial charge in [0.25, 0.3) is 0 Å². The number of methoxy groups -OCH3 is 2. The van der Waals surface area contributed by atoms with Gasteiger partial charge in [-0.2, -0.15) is 0 Å². The summed E-state index contributed by atoms with van der Waals surface area (Å²) in [6.45, 7) is 3.57. The Balaban J connectivity index is 0.00000200. The zero-order chi connectivity index (χ0) is 14.2. The van der Waals surface area contributed by atoms with Gasteiger partial charge in [0.15, 0.2) is 0 Å². The van der Waals surface area contributed by atoms with Gasteiger partial charge in [0.2, 0.25) is 0 Å². The molecule has 1 aromatic heterocycles. The van der Waals surface area contributed by atoms with E-state index in [0.717, 1.165) is 22.2 Å². The molecular weight excluding hydrogens is 269 g/mol. The van der Waals surface area contributed by atoms with E-state index < -0.39 is 5.97 Å². The number of benzene rings is 1. The van der Waals surface area contributed by atoms with Crippen LogP contribution in [0.25, 0.3) is 10.9 Å². The normalized spacial score (nSPS) is 10.2. The van der Waals surface area contributed by atoms with Crippen LogP contribution in [0.4, 0.5) is 0 Å². The summed E-state index contributed by atoms with van der Waals surface area (Å²) in [7, 11) is 3.17. The van der Waals surface area contributed by atoms with Gasteiger partial charge in [0, 0.05) is 22.7 Å². The Morgan fingerprint density at radius 2 is 1.90 bits per heavy atom. The number of hydrogen-bond donors (Lipinski definition) is 0. The van der Waals surface area contributed by atoms with Crippen molar-refractivity contribution in [1.29, 1.82) is 0 Å². The largest absolute Gasteiger partial charge is 1.00 e. The van der Waals surface area contributed by atoms with Crippen molar-refractivity contribution in [1.82, 2.24) is 4.57 Å². The maximum absolute atomic E-state index is 10.8. The van der Waals surface area contributed by atoms with E-state index in [9.17, 15) is 9.90 Å². The van der Waals surface area contributed by atoms with Gasteiger partial charge in [-0.15, -0.1) is 0 Å². The number of carboxylic acids is 1. The first kappa shape index (κ1) is 16.9. The molecule has 2 aromatic rings. The fourth-order valence-electron chi connectivity index (χ4n) is 2.39. The van der Waals surface area contributed by atoms with Crippen LogP contribution in [0.15, 0.2) is 12.1 Å². The van der Waals surface area contributed by atoms with Gasteiger partial charge in [-0.3, -0.25) is 0 Å². The fraction of sp³-hybridized carbons (Fsp3) is 0.357. The zero-order valence-corrected chi connectivity index (χ0v) is 14.4. The van der Waals surface area contributed by atoms with Gasteiger partial charge in [-0.05, 0) is 19.9 Å². The summed E-state index contributed by atoms with van der Waals surface area (Å²) in [5.41, 5.74) is 2.49. The standard InChI is InChI=1S/C14H17NO4.Na/c1-8-5-10-11(15(8)7-13(16)17)6-12(18-3)9(2)14(10)19-4;/h5-6H,7H2,1-4H3,(H,16,17);/q;+1/p-1. The summed E-state index contributed by atoms with van der Waals surface area (Å²) < 4.78 is 12.4. The van der Waals surface area contributed by atoms with Crippen molar-refractivity contribution >= 4 is 16.9 Å². The third-order valence-corrected chi connectivity index (χ3v) is 3.28. The van der Waals surface area contributed by atoms with Crippen molar-refractivity contribution < 1.29 is 48.9 Å². The van der Waals surface area contributed by atoms with Gasteiger partial charge in [-0.25, -0.2) is 0 Å². The van der Waals surface area contributed by atoms with Gasteiger partial charge in [0.05, 0.1) is 32.3 Å². The molecule has 0 aliphatic rings. The molecule has 0 saturated carbocycles. The van der Waals surface area contributed by atoms with Crippen molar-refractivity contribution in [3.8, 4) is 11.5 Å². The van der Waals surface area contributed by atoms with E-state index in [2.05, 4.69) is 0 Å². The Hall–Kier alpha value is -1.17. The van der Waals surface area contributed by atoms with E-state index in [-0.39, 0.29) is 36.1 Å². The number of aryl methyl sites for hydroxylation is 1. The van der Waals surface area contributed by atoms with E-state index in [1.807, 2.05) is 26.0 Å². The Kier molecular flexibility index (Phi) is 5.50. The molecule has 0 spiro atoms. The molecule has 5 nitrogen and oxygen atoms in total. The molecular formula is C14H16NNaO4. The summed E-state index contributed by atoms with van der Waals surface area (Å²) in [4.78, 5) is 10.8. The zero-order valence-electron chi connectivity index (χ0n) is 12.4. The van der Waals surface area contributed by atoms with E-state index in [1.54, 1.807) is 18.8 Å². The summed E-state index contributed by atoms with van der Waals surface area (Å²) in [6.07, 6.45) is 0. The van der Waals surface area contributed by atoms with Crippen LogP contribution in [-0.4, -0.2) is 24.8 Å². The number of carbonyl (C=O) groups is 1. The number of fused-ring (bicyclic) bond motifs is 1. The second-order valence-electron chi connectivity index (χ2n) is 4.41. The van der Waals surface area contributed by atoms with Crippen molar-refractivity contribution in [2.45, 2.75) is 20.4 Å². The average Bonchev–Trinajstić information content (AvgIpc) is 2.65. The average molecular weight is 285 g/mol. The molecule has 0 amide bonds. The van der Waals surface area contributed by atoms with E-state index in [0.29, 0.717) is 11.5 Å². The third kappa shape index (κ3) is 2.80. The number of rotatable bonds is 4. The predicted octanol–water partition coefficient (Wildman–Crippen LogP) is -1.97. The van der Waals surface area contributed by atoms with E-state index in [1.165, 1.54) is 0 Å². The van der Waals surface area contributed by atoms with Crippen LogP contribution in [0, 0.1) is 13.8 Å².